The molecule has 1 aliphatic carbocycles. The third-order valence-electron chi connectivity index (χ3n) is 9.12. The number of carbonyl (C=O) groups excluding carboxylic acids is 3. The van der Waals surface area contributed by atoms with E-state index in [0.717, 1.165) is 58.8 Å². The predicted octanol–water partition coefficient (Wildman–Crippen LogP) is 6.98. The van der Waals surface area contributed by atoms with Crippen molar-refractivity contribution in [2.24, 2.45) is 0 Å². The summed E-state index contributed by atoms with van der Waals surface area (Å²) in [5.74, 6) is -0.180. The maximum absolute atomic E-state index is 14.1. The summed E-state index contributed by atoms with van der Waals surface area (Å²) in [4.78, 5) is 45.1. The van der Waals surface area contributed by atoms with Gasteiger partial charge >= 0.3 is 0 Å². The fraction of sp³-hybridized carbons (Fsp3) is 0.342. The summed E-state index contributed by atoms with van der Waals surface area (Å²) < 4.78 is 0. The van der Waals surface area contributed by atoms with E-state index in [4.69, 9.17) is 0 Å². The molecule has 4 aromatic rings. The summed E-state index contributed by atoms with van der Waals surface area (Å²) in [7, 11) is 0. The molecule has 1 aliphatic heterocycles. The first-order valence-electron chi connectivity index (χ1n) is 16.0. The van der Waals surface area contributed by atoms with Crippen LogP contribution in [0.4, 0.5) is 5.69 Å². The zero-order chi connectivity index (χ0) is 30.5. The maximum Gasteiger partial charge on any atom is 0.258 e. The van der Waals surface area contributed by atoms with Crippen LogP contribution in [-0.4, -0.2) is 41.2 Å². The van der Waals surface area contributed by atoms with Crippen LogP contribution in [-0.2, 0) is 22.6 Å². The summed E-state index contributed by atoms with van der Waals surface area (Å²) >= 11 is 0. The summed E-state index contributed by atoms with van der Waals surface area (Å²) in [6, 6.07) is 29.4. The SMILES string of the molecule is Cc1ccc(CN(C(=O)CCCN2C(=O)c3cccc4cccc2c34)[C@@H](Cc2ccccc2)C(=O)NC2CCCCC2)cc1. The Bertz CT molecular complexity index is 1620. The number of amides is 3. The third kappa shape index (κ3) is 6.54. The Morgan fingerprint density at radius 2 is 1.59 bits per heavy atom. The molecule has 6 nitrogen and oxygen atoms in total. The number of rotatable bonds is 11. The molecule has 1 N–H and O–H groups in total. The van der Waals surface area contributed by atoms with Crippen molar-refractivity contribution < 1.29 is 14.4 Å². The van der Waals surface area contributed by atoms with Crippen molar-refractivity contribution in [3.63, 3.8) is 0 Å². The molecule has 3 amide bonds. The van der Waals surface area contributed by atoms with Crippen LogP contribution < -0.4 is 10.2 Å². The van der Waals surface area contributed by atoms with Crippen molar-refractivity contribution in [2.45, 2.75) is 76.9 Å². The van der Waals surface area contributed by atoms with Gasteiger partial charge in [-0.1, -0.05) is 104 Å². The molecule has 4 aromatic carbocycles. The molecule has 1 fully saturated rings. The summed E-state index contributed by atoms with van der Waals surface area (Å²) in [6.07, 6.45) is 6.59. The first kappa shape index (κ1) is 29.6. The van der Waals surface area contributed by atoms with Crippen LogP contribution in [0.1, 0.15) is 72.0 Å². The van der Waals surface area contributed by atoms with Crippen molar-refractivity contribution in [2.75, 3.05) is 11.4 Å². The molecule has 6 rings (SSSR count). The van der Waals surface area contributed by atoms with Gasteiger partial charge in [-0.05, 0) is 54.8 Å². The number of hydrogen-bond donors (Lipinski definition) is 1. The highest BCUT2D eigenvalue weighted by atomic mass is 16.2. The van der Waals surface area contributed by atoms with Gasteiger partial charge in [-0.2, -0.15) is 0 Å². The van der Waals surface area contributed by atoms with Gasteiger partial charge in [0.1, 0.15) is 6.04 Å². The van der Waals surface area contributed by atoms with Crippen molar-refractivity contribution >= 4 is 34.2 Å². The highest BCUT2D eigenvalue weighted by Gasteiger charge is 2.33. The van der Waals surface area contributed by atoms with E-state index < -0.39 is 6.04 Å². The van der Waals surface area contributed by atoms with E-state index in [2.05, 4.69) is 5.32 Å². The van der Waals surface area contributed by atoms with Gasteiger partial charge < -0.3 is 15.1 Å². The highest BCUT2D eigenvalue weighted by Crippen LogP contribution is 2.37. The molecule has 0 unspecified atom stereocenters. The molecular formula is C38H41N3O3. The number of nitrogens with one attached hydrogen (secondary N) is 1. The minimum atomic E-state index is -0.639. The lowest BCUT2D eigenvalue weighted by atomic mass is 9.94. The van der Waals surface area contributed by atoms with Gasteiger partial charge in [0.05, 0.1) is 5.69 Å². The Hall–Kier alpha value is -4.45. The normalized spacial score (nSPS) is 15.4. The predicted molar refractivity (Wildman–Crippen MR) is 176 cm³/mol. The number of hydrogen-bond acceptors (Lipinski definition) is 3. The van der Waals surface area contributed by atoms with Crippen LogP contribution >= 0.6 is 0 Å². The van der Waals surface area contributed by atoms with E-state index >= 15 is 0 Å². The average molecular weight is 588 g/mol. The van der Waals surface area contributed by atoms with Crippen LogP contribution in [0.3, 0.4) is 0 Å². The van der Waals surface area contributed by atoms with E-state index in [1.54, 1.807) is 9.80 Å². The highest BCUT2D eigenvalue weighted by molar-refractivity contribution is 6.25. The summed E-state index contributed by atoms with van der Waals surface area (Å²) in [6.45, 7) is 2.83. The van der Waals surface area contributed by atoms with Crippen molar-refractivity contribution in [3.05, 3.63) is 113 Å². The van der Waals surface area contributed by atoms with Crippen molar-refractivity contribution in [1.29, 1.82) is 0 Å². The first-order chi connectivity index (χ1) is 21.5. The number of anilines is 1. The molecule has 6 heteroatoms. The van der Waals surface area contributed by atoms with Gasteiger partial charge in [0.15, 0.2) is 0 Å². The summed E-state index contributed by atoms with van der Waals surface area (Å²) in [5, 5.41) is 5.34. The number of nitrogens with zero attached hydrogens (tertiary/aromatic N) is 2. The lowest BCUT2D eigenvalue weighted by Crippen LogP contribution is -2.52. The Kier molecular flexibility index (Phi) is 9.06. The lowest BCUT2D eigenvalue weighted by Gasteiger charge is -2.33. The number of carbonyl (C=O) groups is 3. The second-order valence-electron chi connectivity index (χ2n) is 12.3. The largest absolute Gasteiger partial charge is 0.352 e. The van der Waals surface area contributed by atoms with Crippen LogP contribution in [0, 0.1) is 6.92 Å². The van der Waals surface area contributed by atoms with Crippen LogP contribution in [0.25, 0.3) is 10.8 Å². The fourth-order valence-corrected chi connectivity index (χ4v) is 6.72. The molecule has 1 heterocycles. The number of benzene rings is 4. The molecule has 0 spiro atoms. The Morgan fingerprint density at radius 3 is 2.34 bits per heavy atom. The van der Waals surface area contributed by atoms with Crippen LogP contribution in [0.5, 0.6) is 0 Å². The standard InChI is InChI=1S/C38H41N3O3/c1-27-20-22-29(23-21-27)26-41(34(25-28-11-4-2-5-12-28)37(43)39-31-15-6-3-7-16-31)35(42)19-10-24-40-33-18-9-14-30-13-8-17-32(36(30)33)38(40)44/h2,4-5,8-9,11-14,17-18,20-23,31,34H,3,6-7,10,15-16,19,24-26H2,1H3,(H,39,43)/t34-/m0/s1. The average Bonchev–Trinajstić information content (AvgIpc) is 3.32. The Labute approximate surface area is 260 Å². The molecule has 1 saturated carbocycles. The zero-order valence-electron chi connectivity index (χ0n) is 25.5. The molecule has 0 aromatic heterocycles. The fourth-order valence-electron chi connectivity index (χ4n) is 6.72. The van der Waals surface area contributed by atoms with Gasteiger partial charge in [-0.15, -0.1) is 0 Å². The van der Waals surface area contributed by atoms with Gasteiger partial charge in [-0.3, -0.25) is 14.4 Å². The lowest BCUT2D eigenvalue weighted by molar-refractivity contribution is -0.141. The monoisotopic (exact) mass is 587 g/mol. The molecule has 0 saturated heterocycles. The Morgan fingerprint density at radius 1 is 0.864 bits per heavy atom. The van der Waals surface area contributed by atoms with Gasteiger partial charge in [0, 0.05) is 42.9 Å². The van der Waals surface area contributed by atoms with E-state index in [1.165, 1.54) is 6.42 Å². The minimum absolute atomic E-state index is 0.0189. The maximum atomic E-state index is 14.1. The second kappa shape index (κ2) is 13.5. The quantitative estimate of drug-likeness (QED) is 0.206. The molecule has 1 atom stereocenters. The van der Waals surface area contributed by atoms with Gasteiger partial charge in [0.25, 0.3) is 5.91 Å². The Balaban J connectivity index is 1.23. The minimum Gasteiger partial charge on any atom is -0.352 e. The zero-order valence-corrected chi connectivity index (χ0v) is 25.5. The molecule has 44 heavy (non-hydrogen) atoms. The van der Waals surface area contributed by atoms with Crippen molar-refractivity contribution in [3.8, 4) is 0 Å². The van der Waals surface area contributed by atoms with Gasteiger partial charge in [0.2, 0.25) is 11.8 Å². The van der Waals surface area contributed by atoms with Gasteiger partial charge in [-0.25, -0.2) is 0 Å². The molecular weight excluding hydrogens is 546 g/mol. The smallest absolute Gasteiger partial charge is 0.258 e. The van der Waals surface area contributed by atoms with E-state index in [9.17, 15) is 14.4 Å². The van der Waals surface area contributed by atoms with E-state index in [0.29, 0.717) is 31.5 Å². The van der Waals surface area contributed by atoms with Crippen LogP contribution in [0.15, 0.2) is 91.0 Å². The molecule has 226 valence electrons. The van der Waals surface area contributed by atoms with E-state index in [1.807, 2.05) is 97.9 Å². The number of aryl methyl sites for hydroxylation is 1. The van der Waals surface area contributed by atoms with Crippen LogP contribution in [0.2, 0.25) is 0 Å². The summed E-state index contributed by atoms with van der Waals surface area (Å²) in [5.41, 5.74) is 4.78. The van der Waals surface area contributed by atoms with Crippen molar-refractivity contribution in [1.82, 2.24) is 10.2 Å². The topological polar surface area (TPSA) is 69.7 Å². The second-order valence-corrected chi connectivity index (χ2v) is 12.3. The first-order valence-corrected chi connectivity index (χ1v) is 16.0. The van der Waals surface area contributed by atoms with E-state index in [-0.39, 0.29) is 30.2 Å². The molecule has 0 radical (unpaired) electrons. The third-order valence-corrected chi connectivity index (χ3v) is 9.12. The molecule has 0 bridgehead atoms. The molecule has 2 aliphatic rings.